The molecule has 1 saturated carbocycles. The molecule has 6 heteroatoms. The summed E-state index contributed by atoms with van der Waals surface area (Å²) in [6, 6.07) is 0.344. The van der Waals surface area contributed by atoms with E-state index in [0.29, 0.717) is 37.5 Å². The van der Waals surface area contributed by atoms with Gasteiger partial charge < -0.3 is 15.3 Å². The Bertz CT molecular complexity index is 380. The third-order valence-corrected chi connectivity index (χ3v) is 5.08. The molecule has 0 spiro atoms. The molecule has 0 bridgehead atoms. The Morgan fingerprint density at radius 3 is 2.33 bits per heavy atom. The molecule has 0 aromatic carbocycles. The Morgan fingerprint density at radius 2 is 1.81 bits per heavy atom. The number of aliphatic carboxylic acids is 1. The third kappa shape index (κ3) is 4.33. The predicted octanol–water partition coefficient (Wildman–Crippen LogP) is 1.22. The number of nitrogens with one attached hydrogen (secondary N) is 1. The lowest BCUT2D eigenvalue weighted by molar-refractivity contribution is -0.137. The maximum absolute atomic E-state index is 12.3. The molecule has 1 aliphatic heterocycles. The number of carboxylic acids is 1. The van der Waals surface area contributed by atoms with E-state index in [2.05, 4.69) is 24.1 Å². The number of hydrogen-bond acceptors (Lipinski definition) is 3. The molecule has 1 aliphatic carbocycles. The Labute approximate surface area is 126 Å². The van der Waals surface area contributed by atoms with Gasteiger partial charge in [0.2, 0.25) is 0 Å². The quantitative estimate of drug-likeness (QED) is 0.818. The van der Waals surface area contributed by atoms with Crippen LogP contribution in [0.15, 0.2) is 0 Å². The van der Waals surface area contributed by atoms with Gasteiger partial charge in [-0.05, 0) is 24.7 Å². The molecule has 0 aromatic heterocycles. The fourth-order valence-corrected chi connectivity index (χ4v) is 3.25. The number of carbonyl (C=O) groups is 2. The molecule has 2 amide bonds. The topological polar surface area (TPSA) is 72.9 Å². The van der Waals surface area contributed by atoms with Crippen molar-refractivity contribution < 1.29 is 14.7 Å². The summed E-state index contributed by atoms with van der Waals surface area (Å²) in [5.74, 6) is 0.466. The van der Waals surface area contributed by atoms with Crippen LogP contribution in [0.2, 0.25) is 0 Å². The maximum atomic E-state index is 12.3. The van der Waals surface area contributed by atoms with E-state index in [4.69, 9.17) is 5.11 Å². The minimum absolute atomic E-state index is 0.0406. The van der Waals surface area contributed by atoms with Gasteiger partial charge in [0.15, 0.2) is 0 Å². The van der Waals surface area contributed by atoms with Crippen LogP contribution in [0.25, 0.3) is 0 Å². The van der Waals surface area contributed by atoms with E-state index < -0.39 is 5.97 Å². The monoisotopic (exact) mass is 297 g/mol. The normalized spacial score (nSPS) is 30.4. The lowest BCUT2D eigenvalue weighted by atomic mass is 9.98. The number of nitrogens with zero attached hydrogens (tertiary/aromatic N) is 2. The fourth-order valence-electron chi connectivity index (χ4n) is 3.25. The summed E-state index contributed by atoms with van der Waals surface area (Å²) in [5.41, 5.74) is 0. The number of amides is 2. The van der Waals surface area contributed by atoms with Gasteiger partial charge in [-0.2, -0.15) is 0 Å². The largest absolute Gasteiger partial charge is 0.481 e. The molecule has 21 heavy (non-hydrogen) atoms. The first-order valence-electron chi connectivity index (χ1n) is 7.97. The van der Waals surface area contributed by atoms with E-state index in [1.54, 1.807) is 0 Å². The molecule has 2 fully saturated rings. The molecule has 3 atom stereocenters. The minimum atomic E-state index is -0.764. The summed E-state index contributed by atoms with van der Waals surface area (Å²) >= 11 is 0. The molecule has 3 unspecified atom stereocenters. The molecule has 1 heterocycles. The molecule has 2 aliphatic rings. The van der Waals surface area contributed by atoms with Gasteiger partial charge in [0.1, 0.15) is 0 Å². The van der Waals surface area contributed by atoms with E-state index in [1.165, 1.54) is 6.42 Å². The first kappa shape index (κ1) is 16.1. The number of urea groups is 1. The van der Waals surface area contributed by atoms with Crippen molar-refractivity contribution in [3.63, 3.8) is 0 Å². The SMILES string of the molecule is CC1CCC(NC(=O)N2CCN(CCC(=O)O)CC2)C1C. The van der Waals surface area contributed by atoms with Crippen LogP contribution in [0.1, 0.15) is 33.1 Å². The highest BCUT2D eigenvalue weighted by Gasteiger charge is 2.32. The van der Waals surface area contributed by atoms with Gasteiger partial charge in [-0.3, -0.25) is 9.69 Å². The summed E-state index contributed by atoms with van der Waals surface area (Å²) in [5, 5.41) is 11.9. The van der Waals surface area contributed by atoms with Gasteiger partial charge in [-0.25, -0.2) is 4.79 Å². The second-order valence-corrected chi connectivity index (χ2v) is 6.44. The van der Waals surface area contributed by atoms with Crippen molar-refractivity contribution in [3.05, 3.63) is 0 Å². The van der Waals surface area contributed by atoms with Crippen LogP contribution in [-0.2, 0) is 4.79 Å². The van der Waals surface area contributed by atoms with Crippen LogP contribution in [0, 0.1) is 11.8 Å². The number of rotatable bonds is 4. The van der Waals surface area contributed by atoms with E-state index in [0.717, 1.165) is 19.5 Å². The summed E-state index contributed by atoms with van der Waals surface area (Å²) in [4.78, 5) is 26.8. The predicted molar refractivity (Wildman–Crippen MR) is 80.1 cm³/mol. The Kier molecular flexibility index (Phi) is 5.45. The van der Waals surface area contributed by atoms with Crippen molar-refractivity contribution in [1.82, 2.24) is 15.1 Å². The molecular formula is C15H27N3O3. The Hall–Kier alpha value is -1.30. The van der Waals surface area contributed by atoms with Crippen molar-refractivity contribution in [2.75, 3.05) is 32.7 Å². The highest BCUT2D eigenvalue weighted by Crippen LogP contribution is 2.31. The fraction of sp³-hybridized carbons (Fsp3) is 0.867. The van der Waals surface area contributed by atoms with Crippen LogP contribution in [-0.4, -0.2) is 65.7 Å². The second kappa shape index (κ2) is 7.11. The molecule has 0 aromatic rings. The first-order chi connectivity index (χ1) is 9.97. The molecule has 0 radical (unpaired) electrons. The highest BCUT2D eigenvalue weighted by atomic mass is 16.4. The molecular weight excluding hydrogens is 270 g/mol. The van der Waals surface area contributed by atoms with Gasteiger partial charge in [0.25, 0.3) is 0 Å². The van der Waals surface area contributed by atoms with E-state index in [-0.39, 0.29) is 12.5 Å². The number of hydrogen-bond donors (Lipinski definition) is 2. The number of piperazine rings is 1. The van der Waals surface area contributed by atoms with Gasteiger partial charge in [-0.1, -0.05) is 13.8 Å². The van der Waals surface area contributed by atoms with E-state index >= 15 is 0 Å². The summed E-state index contributed by atoms with van der Waals surface area (Å²) in [7, 11) is 0. The zero-order valence-corrected chi connectivity index (χ0v) is 13.0. The van der Waals surface area contributed by atoms with Crippen molar-refractivity contribution in [3.8, 4) is 0 Å². The van der Waals surface area contributed by atoms with Crippen LogP contribution in [0.4, 0.5) is 4.79 Å². The van der Waals surface area contributed by atoms with Crippen molar-refractivity contribution >= 4 is 12.0 Å². The van der Waals surface area contributed by atoms with Crippen LogP contribution in [0.3, 0.4) is 0 Å². The Balaban J connectivity index is 1.72. The number of carbonyl (C=O) groups excluding carboxylic acids is 1. The van der Waals surface area contributed by atoms with Gasteiger partial charge in [-0.15, -0.1) is 0 Å². The molecule has 120 valence electrons. The second-order valence-electron chi connectivity index (χ2n) is 6.44. The lowest BCUT2D eigenvalue weighted by Gasteiger charge is -2.35. The Morgan fingerprint density at radius 1 is 1.14 bits per heavy atom. The molecule has 1 saturated heterocycles. The summed E-state index contributed by atoms with van der Waals surface area (Å²) < 4.78 is 0. The van der Waals surface area contributed by atoms with Gasteiger partial charge >= 0.3 is 12.0 Å². The standard InChI is InChI=1S/C15H27N3O3/c1-11-3-4-13(12(11)2)16-15(21)18-9-7-17(8-10-18)6-5-14(19)20/h11-13H,3-10H2,1-2H3,(H,16,21)(H,19,20). The molecule has 2 N–H and O–H groups in total. The zero-order chi connectivity index (χ0) is 15.4. The third-order valence-electron chi connectivity index (χ3n) is 5.08. The summed E-state index contributed by atoms with van der Waals surface area (Å²) in [6.07, 6.45) is 2.44. The zero-order valence-electron chi connectivity index (χ0n) is 13.0. The van der Waals surface area contributed by atoms with Gasteiger partial charge in [0.05, 0.1) is 6.42 Å². The average molecular weight is 297 g/mol. The average Bonchev–Trinajstić information content (AvgIpc) is 2.77. The van der Waals surface area contributed by atoms with E-state index in [1.807, 2.05) is 4.90 Å². The van der Waals surface area contributed by atoms with Crippen molar-refractivity contribution in [1.29, 1.82) is 0 Å². The molecule has 6 nitrogen and oxygen atoms in total. The lowest BCUT2D eigenvalue weighted by Crippen LogP contribution is -2.54. The van der Waals surface area contributed by atoms with E-state index in [9.17, 15) is 9.59 Å². The first-order valence-corrected chi connectivity index (χ1v) is 7.97. The highest BCUT2D eigenvalue weighted by molar-refractivity contribution is 5.74. The van der Waals surface area contributed by atoms with Crippen LogP contribution >= 0.6 is 0 Å². The van der Waals surface area contributed by atoms with Gasteiger partial charge in [0, 0.05) is 38.8 Å². The van der Waals surface area contributed by atoms with Crippen LogP contribution < -0.4 is 5.32 Å². The van der Waals surface area contributed by atoms with Crippen LogP contribution in [0.5, 0.6) is 0 Å². The van der Waals surface area contributed by atoms with Crippen molar-refractivity contribution in [2.45, 2.75) is 39.2 Å². The smallest absolute Gasteiger partial charge is 0.317 e. The van der Waals surface area contributed by atoms with Crippen molar-refractivity contribution in [2.24, 2.45) is 11.8 Å². The minimum Gasteiger partial charge on any atom is -0.481 e. The number of carboxylic acid groups (broad SMARTS) is 1. The maximum Gasteiger partial charge on any atom is 0.317 e. The summed E-state index contributed by atoms with van der Waals surface area (Å²) in [6.45, 7) is 7.92. The molecule has 2 rings (SSSR count).